The number of hydrogen-bond donors (Lipinski definition) is 1. The van der Waals surface area contributed by atoms with Gasteiger partial charge in [-0.15, -0.1) is 0 Å². The highest BCUT2D eigenvalue weighted by atomic mass is 16.5. The van der Waals surface area contributed by atoms with Crippen LogP contribution >= 0.6 is 0 Å². The quantitative estimate of drug-likeness (QED) is 0.365. The van der Waals surface area contributed by atoms with Crippen LogP contribution in [0.4, 0.5) is 0 Å². The average Bonchev–Trinajstić information content (AvgIpc) is 2.83. The van der Waals surface area contributed by atoms with Crippen molar-refractivity contribution in [3.05, 3.63) is 101 Å². The van der Waals surface area contributed by atoms with Gasteiger partial charge in [0.25, 0.3) is 5.91 Å². The lowest BCUT2D eigenvalue weighted by molar-refractivity contribution is -0.117. The van der Waals surface area contributed by atoms with E-state index in [2.05, 4.69) is 5.32 Å². The fourth-order valence-corrected chi connectivity index (χ4v) is 3.15. The molecule has 1 amide bonds. The molecule has 0 saturated carbocycles. The molecule has 0 aliphatic heterocycles. The molecule has 0 saturated heterocycles. The SMILES string of the molecule is CCOc1cc(/C=C(\C#N)C(=O)N[C@@H](C)c2ccccc2)ccc1OCc1ccccc1. The molecule has 3 aromatic rings. The second-order valence-corrected chi connectivity index (χ2v) is 7.19. The van der Waals surface area contributed by atoms with Gasteiger partial charge in [0.15, 0.2) is 11.5 Å². The largest absolute Gasteiger partial charge is 0.490 e. The minimum Gasteiger partial charge on any atom is -0.490 e. The van der Waals surface area contributed by atoms with E-state index < -0.39 is 5.91 Å². The van der Waals surface area contributed by atoms with Crippen molar-refractivity contribution in [1.29, 1.82) is 5.26 Å². The summed E-state index contributed by atoms with van der Waals surface area (Å²) >= 11 is 0. The summed E-state index contributed by atoms with van der Waals surface area (Å²) in [4.78, 5) is 12.6. The molecular weight excluding hydrogens is 400 g/mol. The number of hydrogen-bond acceptors (Lipinski definition) is 4. The van der Waals surface area contributed by atoms with Crippen molar-refractivity contribution in [1.82, 2.24) is 5.32 Å². The van der Waals surface area contributed by atoms with Gasteiger partial charge in [0, 0.05) is 0 Å². The molecule has 162 valence electrons. The summed E-state index contributed by atoms with van der Waals surface area (Å²) in [6.45, 7) is 4.66. The molecule has 3 aromatic carbocycles. The summed E-state index contributed by atoms with van der Waals surface area (Å²) in [5, 5.41) is 12.4. The Kier molecular flexibility index (Phi) is 8.05. The van der Waals surface area contributed by atoms with E-state index >= 15 is 0 Å². The van der Waals surface area contributed by atoms with Gasteiger partial charge in [-0.2, -0.15) is 5.26 Å². The Morgan fingerprint density at radius 3 is 2.34 bits per heavy atom. The lowest BCUT2D eigenvalue weighted by atomic mass is 10.1. The van der Waals surface area contributed by atoms with E-state index in [9.17, 15) is 10.1 Å². The molecule has 0 heterocycles. The van der Waals surface area contributed by atoms with E-state index in [1.54, 1.807) is 24.3 Å². The maximum atomic E-state index is 12.6. The van der Waals surface area contributed by atoms with Gasteiger partial charge in [-0.05, 0) is 48.7 Å². The van der Waals surface area contributed by atoms with Crippen LogP contribution in [0.3, 0.4) is 0 Å². The lowest BCUT2D eigenvalue weighted by Gasteiger charge is -2.14. The van der Waals surface area contributed by atoms with E-state index in [0.29, 0.717) is 30.3 Å². The van der Waals surface area contributed by atoms with Crippen LogP contribution in [0.25, 0.3) is 6.08 Å². The number of ether oxygens (including phenoxy) is 2. The van der Waals surface area contributed by atoms with Crippen molar-refractivity contribution in [2.45, 2.75) is 26.5 Å². The number of nitrogens with one attached hydrogen (secondary N) is 1. The highest BCUT2D eigenvalue weighted by Gasteiger charge is 2.14. The molecule has 0 fully saturated rings. The summed E-state index contributed by atoms with van der Waals surface area (Å²) in [5.41, 5.74) is 2.72. The van der Waals surface area contributed by atoms with Crippen LogP contribution < -0.4 is 14.8 Å². The first-order valence-electron chi connectivity index (χ1n) is 10.5. The van der Waals surface area contributed by atoms with Crippen LogP contribution in [0, 0.1) is 11.3 Å². The Balaban J connectivity index is 1.75. The van der Waals surface area contributed by atoms with Crippen molar-refractivity contribution in [3.8, 4) is 17.6 Å². The molecule has 5 heteroatoms. The van der Waals surface area contributed by atoms with Crippen molar-refractivity contribution in [3.63, 3.8) is 0 Å². The number of carbonyl (C=O) groups is 1. The lowest BCUT2D eigenvalue weighted by Crippen LogP contribution is -2.27. The molecule has 5 nitrogen and oxygen atoms in total. The van der Waals surface area contributed by atoms with E-state index in [1.165, 1.54) is 0 Å². The normalized spacial score (nSPS) is 11.8. The number of carbonyl (C=O) groups excluding carboxylic acids is 1. The Morgan fingerprint density at radius 2 is 1.69 bits per heavy atom. The molecule has 0 radical (unpaired) electrons. The molecular formula is C27H26N2O3. The zero-order valence-corrected chi connectivity index (χ0v) is 18.2. The summed E-state index contributed by atoms with van der Waals surface area (Å²) < 4.78 is 11.6. The summed E-state index contributed by atoms with van der Waals surface area (Å²) in [6, 6.07) is 26.6. The number of benzene rings is 3. The standard InChI is InChI=1S/C27H26N2O3/c1-3-31-26-17-22(14-15-25(26)32-19-21-10-6-4-7-11-21)16-24(18-28)27(30)29-20(2)23-12-8-5-9-13-23/h4-17,20H,3,19H2,1-2H3,(H,29,30)/b24-16+/t20-/m0/s1. The predicted molar refractivity (Wildman–Crippen MR) is 125 cm³/mol. The third kappa shape index (κ3) is 6.23. The van der Waals surface area contributed by atoms with Crippen LogP contribution in [0.15, 0.2) is 84.4 Å². The van der Waals surface area contributed by atoms with Crippen LogP contribution in [-0.4, -0.2) is 12.5 Å². The third-order valence-electron chi connectivity index (χ3n) is 4.83. The Bertz CT molecular complexity index is 1100. The smallest absolute Gasteiger partial charge is 0.262 e. The van der Waals surface area contributed by atoms with E-state index in [4.69, 9.17) is 9.47 Å². The highest BCUT2D eigenvalue weighted by Crippen LogP contribution is 2.30. The van der Waals surface area contributed by atoms with Crippen LogP contribution in [0.1, 0.15) is 36.6 Å². The fourth-order valence-electron chi connectivity index (χ4n) is 3.15. The zero-order chi connectivity index (χ0) is 22.8. The Morgan fingerprint density at radius 1 is 1.00 bits per heavy atom. The summed E-state index contributed by atoms with van der Waals surface area (Å²) in [6.07, 6.45) is 1.55. The molecule has 0 aliphatic rings. The van der Waals surface area contributed by atoms with Crippen molar-refractivity contribution in [2.24, 2.45) is 0 Å². The van der Waals surface area contributed by atoms with Crippen molar-refractivity contribution < 1.29 is 14.3 Å². The van der Waals surface area contributed by atoms with Gasteiger partial charge in [-0.25, -0.2) is 0 Å². The van der Waals surface area contributed by atoms with Crippen molar-refractivity contribution in [2.75, 3.05) is 6.61 Å². The zero-order valence-electron chi connectivity index (χ0n) is 18.2. The maximum absolute atomic E-state index is 12.6. The second kappa shape index (κ2) is 11.4. The molecule has 0 bridgehead atoms. The van der Waals surface area contributed by atoms with Crippen LogP contribution in [0.5, 0.6) is 11.5 Å². The van der Waals surface area contributed by atoms with Crippen molar-refractivity contribution >= 4 is 12.0 Å². The van der Waals surface area contributed by atoms with Gasteiger partial charge in [-0.3, -0.25) is 4.79 Å². The number of nitriles is 1. The van der Waals surface area contributed by atoms with Crippen LogP contribution in [0.2, 0.25) is 0 Å². The summed E-state index contributed by atoms with van der Waals surface area (Å²) in [5.74, 6) is 0.743. The monoisotopic (exact) mass is 426 g/mol. The van der Waals surface area contributed by atoms with Gasteiger partial charge in [0.1, 0.15) is 18.2 Å². The first-order chi connectivity index (χ1) is 15.6. The topological polar surface area (TPSA) is 71.3 Å². The van der Waals surface area contributed by atoms with E-state index in [-0.39, 0.29) is 11.6 Å². The number of nitrogens with zero attached hydrogens (tertiary/aromatic N) is 1. The molecule has 0 aliphatic carbocycles. The van der Waals surface area contributed by atoms with E-state index in [1.807, 2.05) is 80.6 Å². The Labute approximate surface area is 188 Å². The first kappa shape index (κ1) is 22.6. The van der Waals surface area contributed by atoms with Gasteiger partial charge in [-0.1, -0.05) is 66.7 Å². The molecule has 0 aromatic heterocycles. The minimum atomic E-state index is -0.425. The molecule has 0 unspecified atom stereocenters. The second-order valence-electron chi connectivity index (χ2n) is 7.19. The summed E-state index contributed by atoms with van der Waals surface area (Å²) in [7, 11) is 0. The highest BCUT2D eigenvalue weighted by molar-refractivity contribution is 6.01. The molecule has 1 N–H and O–H groups in total. The third-order valence-corrected chi connectivity index (χ3v) is 4.83. The average molecular weight is 427 g/mol. The van der Waals surface area contributed by atoms with E-state index in [0.717, 1.165) is 11.1 Å². The Hall–Kier alpha value is -4.04. The van der Waals surface area contributed by atoms with Gasteiger partial charge >= 0.3 is 0 Å². The van der Waals surface area contributed by atoms with Crippen LogP contribution in [-0.2, 0) is 11.4 Å². The predicted octanol–water partition coefficient (Wildman–Crippen LogP) is 5.45. The molecule has 1 atom stereocenters. The van der Waals surface area contributed by atoms with Gasteiger partial charge in [0.2, 0.25) is 0 Å². The number of rotatable bonds is 9. The fraction of sp³-hybridized carbons (Fsp3) is 0.185. The first-order valence-corrected chi connectivity index (χ1v) is 10.5. The molecule has 32 heavy (non-hydrogen) atoms. The maximum Gasteiger partial charge on any atom is 0.262 e. The van der Waals surface area contributed by atoms with Gasteiger partial charge in [0.05, 0.1) is 12.6 Å². The minimum absolute atomic E-state index is 0.0215. The van der Waals surface area contributed by atoms with Gasteiger partial charge < -0.3 is 14.8 Å². The molecule has 0 spiro atoms. The number of amides is 1. The molecule has 3 rings (SSSR count).